The van der Waals surface area contributed by atoms with Crippen molar-refractivity contribution < 1.29 is 23.6 Å². The number of ether oxygens (including phenoxy) is 2. The quantitative estimate of drug-likeness (QED) is 0.190. The summed E-state index contributed by atoms with van der Waals surface area (Å²) in [6.45, 7) is 0.352. The van der Waals surface area contributed by atoms with Crippen molar-refractivity contribution in [3.8, 4) is 11.5 Å². The van der Waals surface area contributed by atoms with Gasteiger partial charge in [0.25, 0.3) is 0 Å². The first kappa shape index (κ1) is 24.5. The second-order valence-electron chi connectivity index (χ2n) is 7.41. The number of nitrogens with zero attached hydrogens (tertiary/aromatic N) is 4. The van der Waals surface area contributed by atoms with Crippen LogP contribution in [0.5, 0.6) is 11.5 Å². The lowest BCUT2D eigenvalue weighted by atomic mass is 10.1. The van der Waals surface area contributed by atoms with Crippen LogP contribution in [0.2, 0.25) is 5.02 Å². The number of carbonyl (C=O) groups is 1. The number of nitrogens with one attached hydrogen (secondary N) is 1. The Morgan fingerprint density at radius 3 is 2.83 bits per heavy atom. The van der Waals surface area contributed by atoms with Gasteiger partial charge < -0.3 is 13.9 Å². The Labute approximate surface area is 210 Å². The standard InChI is InChI=1S/C24H20ClN5O6/c1-34-21-8-6-16(10-17(21)15-35-22-5-3-2-4-20(22)30(32)33)11-26-28-24(31)23-9-7-19(36-23)14-29-13-18(25)12-27-29/h2-13H,14-15H2,1H3,(H,28,31)/b26-11-. The number of hydrogen-bond donors (Lipinski definition) is 1. The molecule has 0 saturated carbocycles. The van der Waals surface area contributed by atoms with Crippen LogP contribution in [-0.4, -0.2) is 33.9 Å². The molecule has 2 heterocycles. The number of halogens is 1. The van der Waals surface area contributed by atoms with Crippen LogP contribution in [0.1, 0.15) is 27.4 Å². The van der Waals surface area contributed by atoms with E-state index in [0.29, 0.717) is 34.2 Å². The van der Waals surface area contributed by atoms with Crippen LogP contribution < -0.4 is 14.9 Å². The number of furan rings is 1. The number of nitro groups is 1. The van der Waals surface area contributed by atoms with E-state index in [1.54, 1.807) is 47.3 Å². The smallest absolute Gasteiger partial charge is 0.310 e. The summed E-state index contributed by atoms with van der Waals surface area (Å²) < 4.78 is 18.2. The van der Waals surface area contributed by atoms with Crippen molar-refractivity contribution in [2.24, 2.45) is 5.10 Å². The van der Waals surface area contributed by atoms with Gasteiger partial charge in [-0.25, -0.2) is 5.43 Å². The molecule has 184 valence electrons. The molecule has 2 aromatic carbocycles. The van der Waals surface area contributed by atoms with Crippen molar-refractivity contribution in [1.82, 2.24) is 15.2 Å². The minimum absolute atomic E-state index is 0.0265. The number of methoxy groups -OCH3 is 1. The first-order chi connectivity index (χ1) is 17.4. The third-order valence-corrected chi connectivity index (χ3v) is 5.13. The zero-order valence-corrected chi connectivity index (χ0v) is 19.7. The molecule has 4 aromatic rings. The first-order valence-corrected chi connectivity index (χ1v) is 10.9. The molecule has 4 rings (SSSR count). The number of hydrazone groups is 1. The largest absolute Gasteiger partial charge is 0.496 e. The van der Waals surface area contributed by atoms with E-state index >= 15 is 0 Å². The predicted molar refractivity (Wildman–Crippen MR) is 131 cm³/mol. The molecule has 36 heavy (non-hydrogen) atoms. The Kier molecular flexibility index (Phi) is 7.61. The van der Waals surface area contributed by atoms with Gasteiger partial charge in [0, 0.05) is 17.8 Å². The summed E-state index contributed by atoms with van der Waals surface area (Å²) in [6, 6.07) is 14.5. The number of carbonyl (C=O) groups excluding carboxylic acids is 1. The molecule has 2 aromatic heterocycles. The van der Waals surface area contributed by atoms with Crippen molar-refractivity contribution in [2.45, 2.75) is 13.2 Å². The summed E-state index contributed by atoms with van der Waals surface area (Å²) in [7, 11) is 1.51. The second kappa shape index (κ2) is 11.2. The highest BCUT2D eigenvalue weighted by Crippen LogP contribution is 2.28. The highest BCUT2D eigenvalue weighted by molar-refractivity contribution is 6.30. The van der Waals surface area contributed by atoms with Crippen molar-refractivity contribution in [1.29, 1.82) is 0 Å². The maximum atomic E-state index is 12.4. The van der Waals surface area contributed by atoms with Crippen LogP contribution in [0.4, 0.5) is 5.69 Å². The molecule has 0 aliphatic carbocycles. The average Bonchev–Trinajstić information content (AvgIpc) is 3.51. The molecule has 0 radical (unpaired) electrons. The first-order valence-electron chi connectivity index (χ1n) is 10.6. The van der Waals surface area contributed by atoms with Gasteiger partial charge in [0.15, 0.2) is 11.5 Å². The monoisotopic (exact) mass is 509 g/mol. The van der Waals surface area contributed by atoms with Crippen molar-refractivity contribution in [3.63, 3.8) is 0 Å². The fraction of sp³-hybridized carbons (Fsp3) is 0.125. The van der Waals surface area contributed by atoms with E-state index in [2.05, 4.69) is 15.6 Å². The van der Waals surface area contributed by atoms with Gasteiger partial charge in [-0.05, 0) is 42.0 Å². The van der Waals surface area contributed by atoms with Gasteiger partial charge in [-0.2, -0.15) is 10.2 Å². The van der Waals surface area contributed by atoms with E-state index in [1.807, 2.05) is 0 Å². The molecule has 0 saturated heterocycles. The number of nitro benzene ring substituents is 1. The van der Waals surface area contributed by atoms with E-state index in [9.17, 15) is 14.9 Å². The lowest BCUT2D eigenvalue weighted by Gasteiger charge is -2.11. The number of amides is 1. The summed E-state index contributed by atoms with van der Waals surface area (Å²) in [5.74, 6) is 0.779. The summed E-state index contributed by atoms with van der Waals surface area (Å²) in [5, 5.41) is 19.7. The van der Waals surface area contributed by atoms with Crippen LogP contribution >= 0.6 is 11.6 Å². The number of aromatic nitrogens is 2. The summed E-state index contributed by atoms with van der Waals surface area (Å²) in [4.78, 5) is 23.1. The predicted octanol–water partition coefficient (Wildman–Crippen LogP) is 4.44. The molecular weight excluding hydrogens is 490 g/mol. The van der Waals surface area contributed by atoms with E-state index in [0.717, 1.165) is 0 Å². The third-order valence-electron chi connectivity index (χ3n) is 4.93. The molecule has 0 aliphatic rings. The van der Waals surface area contributed by atoms with Crippen LogP contribution in [0, 0.1) is 10.1 Å². The summed E-state index contributed by atoms with van der Waals surface area (Å²) in [6.07, 6.45) is 4.60. The number of para-hydroxylation sites is 2. The summed E-state index contributed by atoms with van der Waals surface area (Å²) in [5.41, 5.74) is 3.56. The Morgan fingerprint density at radius 1 is 1.25 bits per heavy atom. The fourth-order valence-electron chi connectivity index (χ4n) is 3.27. The van der Waals surface area contributed by atoms with Gasteiger partial charge in [-0.3, -0.25) is 19.6 Å². The van der Waals surface area contributed by atoms with Gasteiger partial charge in [0.05, 0.1) is 36.0 Å². The minimum atomic E-state index is -0.524. The van der Waals surface area contributed by atoms with Crippen molar-refractivity contribution in [2.75, 3.05) is 7.11 Å². The Balaban J connectivity index is 1.38. The second-order valence-corrected chi connectivity index (χ2v) is 7.84. The number of rotatable bonds is 10. The zero-order chi connectivity index (χ0) is 25.5. The molecule has 0 bridgehead atoms. The van der Waals surface area contributed by atoms with Crippen LogP contribution in [0.25, 0.3) is 0 Å². The molecule has 1 amide bonds. The van der Waals surface area contributed by atoms with Crippen molar-refractivity contribution in [3.05, 3.63) is 105 Å². The molecule has 0 spiro atoms. The van der Waals surface area contributed by atoms with Gasteiger partial charge in [0.1, 0.15) is 18.1 Å². The highest BCUT2D eigenvalue weighted by Gasteiger charge is 2.15. The number of benzene rings is 2. The molecule has 0 unspecified atom stereocenters. The van der Waals surface area contributed by atoms with Crippen LogP contribution in [-0.2, 0) is 13.2 Å². The van der Waals surface area contributed by atoms with Gasteiger partial charge in [0.2, 0.25) is 0 Å². The Morgan fingerprint density at radius 2 is 2.08 bits per heavy atom. The zero-order valence-electron chi connectivity index (χ0n) is 19.0. The van der Waals surface area contributed by atoms with E-state index < -0.39 is 10.8 Å². The molecule has 0 atom stereocenters. The maximum absolute atomic E-state index is 12.4. The molecular formula is C24H20ClN5O6. The minimum Gasteiger partial charge on any atom is -0.496 e. The van der Waals surface area contributed by atoms with E-state index in [4.69, 9.17) is 25.5 Å². The topological polar surface area (TPSA) is 134 Å². The summed E-state index contributed by atoms with van der Waals surface area (Å²) >= 11 is 5.85. The van der Waals surface area contributed by atoms with E-state index in [-0.39, 0.29) is 23.8 Å². The average molecular weight is 510 g/mol. The molecule has 11 nitrogen and oxygen atoms in total. The lowest BCUT2D eigenvalue weighted by molar-refractivity contribution is -0.385. The Hall–Kier alpha value is -4.64. The molecule has 1 N–H and O–H groups in total. The van der Waals surface area contributed by atoms with Crippen molar-refractivity contribution >= 4 is 29.4 Å². The van der Waals surface area contributed by atoms with Gasteiger partial charge in [-0.1, -0.05) is 23.7 Å². The Bertz CT molecular complexity index is 1410. The van der Waals surface area contributed by atoms with Crippen LogP contribution in [0.3, 0.4) is 0 Å². The highest BCUT2D eigenvalue weighted by atomic mass is 35.5. The normalized spacial score (nSPS) is 10.9. The van der Waals surface area contributed by atoms with E-state index in [1.165, 1.54) is 37.7 Å². The molecule has 12 heteroatoms. The van der Waals surface area contributed by atoms with Crippen LogP contribution in [0.15, 0.2) is 76.5 Å². The third kappa shape index (κ3) is 6.07. The fourth-order valence-corrected chi connectivity index (χ4v) is 3.42. The lowest BCUT2D eigenvalue weighted by Crippen LogP contribution is -2.16. The van der Waals surface area contributed by atoms with Gasteiger partial charge >= 0.3 is 11.6 Å². The maximum Gasteiger partial charge on any atom is 0.310 e. The van der Waals surface area contributed by atoms with Gasteiger partial charge in [-0.15, -0.1) is 0 Å². The number of hydrogen-bond acceptors (Lipinski definition) is 8. The molecule has 0 aliphatic heterocycles. The SMILES string of the molecule is COc1ccc(/C=N\NC(=O)c2ccc(Cn3cc(Cl)cn3)o2)cc1COc1ccccc1[N+](=O)[O-]. The molecule has 0 fully saturated rings.